The first-order valence-electron chi connectivity index (χ1n) is 13.7. The molecule has 0 bridgehead atoms. The highest BCUT2D eigenvalue weighted by atomic mass is 35.5. The minimum atomic E-state index is -1.18. The van der Waals surface area contributed by atoms with E-state index in [-0.39, 0.29) is 5.89 Å². The van der Waals surface area contributed by atoms with Gasteiger partial charge in [0, 0.05) is 32.9 Å². The Morgan fingerprint density at radius 2 is 1.68 bits per heavy atom. The van der Waals surface area contributed by atoms with E-state index in [4.69, 9.17) is 27.6 Å². The molecule has 0 radical (unpaired) electrons. The predicted molar refractivity (Wildman–Crippen MR) is 158 cm³/mol. The SMILES string of the molecule is CC[C@H](NC(=O)C1(NC(=O)c2ccc(-c3ccccc3Cl)c(Cl)c2)CCCCCC1)C(=O)c1nc2ncccc2o1. The second-order valence-electron chi connectivity index (χ2n) is 10.3. The van der Waals surface area contributed by atoms with Gasteiger partial charge < -0.3 is 15.1 Å². The lowest BCUT2D eigenvalue weighted by atomic mass is 9.87. The summed E-state index contributed by atoms with van der Waals surface area (Å²) in [5, 5.41) is 6.83. The molecule has 2 heterocycles. The maximum Gasteiger partial charge on any atom is 0.268 e. The summed E-state index contributed by atoms with van der Waals surface area (Å²) >= 11 is 12.9. The first-order chi connectivity index (χ1) is 19.8. The molecular formula is C31H30Cl2N4O4. The summed E-state index contributed by atoms with van der Waals surface area (Å²) in [6, 6.07) is 14.8. The van der Waals surface area contributed by atoms with Crippen LogP contribution in [0.1, 0.15) is 72.9 Å². The van der Waals surface area contributed by atoms with E-state index in [0.717, 1.165) is 31.2 Å². The van der Waals surface area contributed by atoms with Crippen LogP contribution in [0.5, 0.6) is 0 Å². The molecule has 1 aliphatic carbocycles. The number of nitrogens with one attached hydrogen (secondary N) is 2. The maximum atomic E-state index is 13.9. The predicted octanol–water partition coefficient (Wildman–Crippen LogP) is 6.80. The molecule has 2 N–H and O–H groups in total. The normalized spacial score (nSPS) is 15.6. The number of carbonyl (C=O) groups excluding carboxylic acids is 3. The van der Waals surface area contributed by atoms with Crippen LogP contribution in [-0.4, -0.2) is 39.1 Å². The van der Waals surface area contributed by atoms with E-state index in [9.17, 15) is 14.4 Å². The molecule has 1 atom stereocenters. The molecule has 8 nitrogen and oxygen atoms in total. The van der Waals surface area contributed by atoms with Crippen LogP contribution in [0.4, 0.5) is 0 Å². The molecule has 2 aromatic heterocycles. The fraction of sp³-hybridized carbons (Fsp3) is 0.323. The van der Waals surface area contributed by atoms with Gasteiger partial charge in [0.25, 0.3) is 11.8 Å². The molecule has 1 aliphatic rings. The minimum absolute atomic E-state index is 0.113. The fourth-order valence-electron chi connectivity index (χ4n) is 5.26. The summed E-state index contributed by atoms with van der Waals surface area (Å²) in [5.74, 6) is -1.38. The number of fused-ring (bicyclic) bond motifs is 1. The third-order valence-corrected chi connectivity index (χ3v) is 8.19. The van der Waals surface area contributed by atoms with Gasteiger partial charge >= 0.3 is 0 Å². The van der Waals surface area contributed by atoms with Crippen LogP contribution in [-0.2, 0) is 4.79 Å². The van der Waals surface area contributed by atoms with Gasteiger partial charge in [-0.1, -0.05) is 80.1 Å². The molecule has 5 rings (SSSR count). The van der Waals surface area contributed by atoms with E-state index >= 15 is 0 Å². The number of oxazole rings is 1. The highest BCUT2D eigenvalue weighted by Gasteiger charge is 2.42. The van der Waals surface area contributed by atoms with Crippen molar-refractivity contribution in [1.82, 2.24) is 20.6 Å². The number of rotatable bonds is 8. The number of aromatic nitrogens is 2. The zero-order chi connectivity index (χ0) is 29.0. The molecule has 41 heavy (non-hydrogen) atoms. The molecule has 4 aromatic rings. The monoisotopic (exact) mass is 592 g/mol. The quantitative estimate of drug-likeness (QED) is 0.172. The molecule has 1 saturated carbocycles. The first kappa shape index (κ1) is 28.8. The lowest BCUT2D eigenvalue weighted by molar-refractivity contribution is -0.128. The Hall–Kier alpha value is -3.75. The Morgan fingerprint density at radius 1 is 0.951 bits per heavy atom. The molecular weight excluding hydrogens is 563 g/mol. The third-order valence-electron chi connectivity index (χ3n) is 7.55. The van der Waals surface area contributed by atoms with Crippen LogP contribution in [0, 0.1) is 0 Å². The molecule has 2 aromatic carbocycles. The van der Waals surface area contributed by atoms with E-state index in [1.165, 1.54) is 0 Å². The van der Waals surface area contributed by atoms with Gasteiger partial charge in [-0.25, -0.2) is 4.98 Å². The van der Waals surface area contributed by atoms with Gasteiger partial charge in [-0.3, -0.25) is 14.4 Å². The van der Waals surface area contributed by atoms with Gasteiger partial charge in [-0.2, -0.15) is 4.98 Å². The highest BCUT2D eigenvalue weighted by molar-refractivity contribution is 6.36. The van der Waals surface area contributed by atoms with Crippen molar-refractivity contribution in [1.29, 1.82) is 0 Å². The third kappa shape index (κ3) is 6.14. The number of amides is 2. The van der Waals surface area contributed by atoms with Crippen molar-refractivity contribution in [2.75, 3.05) is 0 Å². The lowest BCUT2D eigenvalue weighted by Crippen LogP contribution is -2.61. The molecule has 0 aliphatic heterocycles. The molecule has 0 saturated heterocycles. The van der Waals surface area contributed by atoms with Crippen molar-refractivity contribution in [2.45, 2.75) is 63.5 Å². The van der Waals surface area contributed by atoms with E-state index in [2.05, 4.69) is 20.6 Å². The van der Waals surface area contributed by atoms with Crippen LogP contribution in [0.15, 0.2) is 65.2 Å². The number of hydrogen-bond acceptors (Lipinski definition) is 6. The van der Waals surface area contributed by atoms with Crippen molar-refractivity contribution >= 4 is 52.0 Å². The standard InChI is InChI=1S/C31H30Cl2N4O4/c1-2-24(26(38)29-36-27-25(41-29)12-9-17-34-27)35-30(40)31(15-7-3-4-8-16-31)37-28(39)19-13-14-21(23(33)18-19)20-10-5-6-11-22(20)32/h5-6,9-14,17-18,24H,2-4,7-8,15-16H2,1H3,(H,35,40)(H,37,39)/t24-/m0/s1. The molecule has 0 unspecified atom stereocenters. The van der Waals surface area contributed by atoms with E-state index < -0.39 is 29.2 Å². The van der Waals surface area contributed by atoms with Gasteiger partial charge in [-0.05, 0) is 49.6 Å². The van der Waals surface area contributed by atoms with Crippen LogP contribution >= 0.6 is 23.2 Å². The average molecular weight is 594 g/mol. The Morgan fingerprint density at radius 3 is 2.37 bits per heavy atom. The molecule has 212 valence electrons. The summed E-state index contributed by atoms with van der Waals surface area (Å²) in [6.45, 7) is 1.80. The molecule has 0 spiro atoms. The van der Waals surface area contributed by atoms with Gasteiger partial charge in [0.1, 0.15) is 5.54 Å². The largest absolute Gasteiger partial charge is 0.432 e. The summed E-state index contributed by atoms with van der Waals surface area (Å²) in [6.07, 6.45) is 6.22. The van der Waals surface area contributed by atoms with Gasteiger partial charge in [-0.15, -0.1) is 0 Å². The summed E-state index contributed by atoms with van der Waals surface area (Å²) in [7, 11) is 0. The molecule has 2 amide bonds. The van der Waals surface area contributed by atoms with Gasteiger partial charge in [0.2, 0.25) is 11.7 Å². The van der Waals surface area contributed by atoms with Crippen molar-refractivity contribution < 1.29 is 18.8 Å². The minimum Gasteiger partial charge on any atom is -0.432 e. The second-order valence-corrected chi connectivity index (χ2v) is 11.1. The summed E-state index contributed by atoms with van der Waals surface area (Å²) in [4.78, 5) is 49.0. The second kappa shape index (κ2) is 12.4. The van der Waals surface area contributed by atoms with Gasteiger partial charge in [0.15, 0.2) is 11.2 Å². The van der Waals surface area contributed by atoms with Crippen LogP contribution < -0.4 is 10.6 Å². The number of carbonyl (C=O) groups is 3. The number of pyridine rings is 1. The Bertz CT molecular complexity index is 1560. The Labute approximate surface area is 247 Å². The smallest absolute Gasteiger partial charge is 0.268 e. The zero-order valence-electron chi connectivity index (χ0n) is 22.6. The number of halogens is 2. The Balaban J connectivity index is 1.37. The Kier molecular flexibility index (Phi) is 8.71. The number of Topliss-reactive ketones (excluding diaryl/α,β-unsaturated/α-hetero) is 1. The van der Waals surface area contributed by atoms with Crippen LogP contribution in [0.25, 0.3) is 22.4 Å². The van der Waals surface area contributed by atoms with Crippen LogP contribution in [0.2, 0.25) is 10.0 Å². The number of benzene rings is 2. The summed E-state index contributed by atoms with van der Waals surface area (Å²) < 4.78 is 5.60. The molecule has 10 heteroatoms. The zero-order valence-corrected chi connectivity index (χ0v) is 24.1. The fourth-order valence-corrected chi connectivity index (χ4v) is 5.78. The average Bonchev–Trinajstić information content (AvgIpc) is 3.27. The van der Waals surface area contributed by atoms with Crippen LogP contribution in [0.3, 0.4) is 0 Å². The first-order valence-corrected chi connectivity index (χ1v) is 14.5. The van der Waals surface area contributed by atoms with Gasteiger partial charge in [0.05, 0.1) is 6.04 Å². The molecule has 1 fully saturated rings. The van der Waals surface area contributed by atoms with Crippen molar-refractivity contribution in [3.63, 3.8) is 0 Å². The summed E-state index contributed by atoms with van der Waals surface area (Å²) in [5.41, 5.74) is 1.32. The van der Waals surface area contributed by atoms with Crippen molar-refractivity contribution in [2.24, 2.45) is 0 Å². The topological polar surface area (TPSA) is 114 Å². The lowest BCUT2D eigenvalue weighted by Gasteiger charge is -2.34. The van der Waals surface area contributed by atoms with E-state index in [1.54, 1.807) is 49.5 Å². The van der Waals surface area contributed by atoms with E-state index in [1.807, 2.05) is 18.2 Å². The van der Waals surface area contributed by atoms with Crippen molar-refractivity contribution in [3.05, 3.63) is 82.3 Å². The maximum absolute atomic E-state index is 13.9. The number of hydrogen-bond donors (Lipinski definition) is 2. The number of ketones is 1. The highest BCUT2D eigenvalue weighted by Crippen LogP contribution is 2.34. The number of nitrogens with zero attached hydrogens (tertiary/aromatic N) is 2. The van der Waals surface area contributed by atoms with Crippen molar-refractivity contribution in [3.8, 4) is 11.1 Å². The van der Waals surface area contributed by atoms with E-state index in [0.29, 0.717) is 51.7 Å².